The van der Waals surface area contributed by atoms with Crippen LogP contribution in [0.2, 0.25) is 5.02 Å². The molecule has 12 nitrogen and oxygen atoms in total. The number of ether oxygens (including phenoxy) is 1. The van der Waals surface area contributed by atoms with Crippen LogP contribution in [-0.4, -0.2) is 99.5 Å². The third-order valence-corrected chi connectivity index (χ3v) is 11.0. The second kappa shape index (κ2) is 14.6. The molecule has 5 amide bonds. The topological polar surface area (TPSA) is 138 Å². The van der Waals surface area contributed by atoms with Gasteiger partial charge >= 0.3 is 6.03 Å². The predicted molar refractivity (Wildman–Crippen MR) is 181 cm³/mol. The first kappa shape index (κ1) is 34.5. The van der Waals surface area contributed by atoms with Crippen LogP contribution in [0.1, 0.15) is 46.7 Å². The van der Waals surface area contributed by atoms with E-state index < -0.39 is 17.5 Å². The smallest absolute Gasteiger partial charge is 0.315 e. The average Bonchev–Trinajstić information content (AvgIpc) is 3.78. The van der Waals surface area contributed by atoms with Crippen molar-refractivity contribution in [3.05, 3.63) is 64.6 Å². The Labute approximate surface area is 290 Å². The van der Waals surface area contributed by atoms with E-state index in [0.29, 0.717) is 43.5 Å². The lowest BCUT2D eigenvalue weighted by Crippen LogP contribution is -2.50. The van der Waals surface area contributed by atoms with Gasteiger partial charge in [0.05, 0.1) is 41.7 Å². The maximum Gasteiger partial charge on any atom is 0.315 e. The molecule has 3 fully saturated rings. The summed E-state index contributed by atoms with van der Waals surface area (Å²) >= 11 is 8.35. The number of anilines is 1. The van der Waals surface area contributed by atoms with E-state index in [0.717, 1.165) is 25.0 Å². The van der Waals surface area contributed by atoms with E-state index in [-0.39, 0.29) is 63.3 Å². The minimum Gasteiger partial charge on any atom is -0.494 e. The third-order valence-electron chi connectivity index (χ3n) is 9.18. The summed E-state index contributed by atoms with van der Waals surface area (Å²) in [7, 11) is 2.73. The van der Waals surface area contributed by atoms with Crippen LogP contribution >= 0.6 is 23.4 Å². The van der Waals surface area contributed by atoms with E-state index in [1.807, 2.05) is 11.8 Å². The zero-order valence-electron chi connectivity index (χ0n) is 26.9. The summed E-state index contributed by atoms with van der Waals surface area (Å²) in [6.07, 6.45) is 4.34. The van der Waals surface area contributed by atoms with Crippen LogP contribution in [0.15, 0.2) is 36.5 Å². The second-order valence-electron chi connectivity index (χ2n) is 12.2. The van der Waals surface area contributed by atoms with E-state index in [1.54, 1.807) is 15.9 Å². The molecule has 260 valence electrons. The van der Waals surface area contributed by atoms with Crippen molar-refractivity contribution in [1.29, 1.82) is 0 Å². The Morgan fingerprint density at radius 1 is 1.06 bits per heavy atom. The van der Waals surface area contributed by atoms with E-state index >= 15 is 0 Å². The number of nitrogens with zero attached hydrogens (tertiary/aromatic N) is 4. The van der Waals surface area contributed by atoms with E-state index in [4.69, 9.17) is 16.3 Å². The van der Waals surface area contributed by atoms with Gasteiger partial charge in [0.2, 0.25) is 11.7 Å². The number of piperazine rings is 1. The third kappa shape index (κ3) is 7.18. The number of rotatable bonds is 10. The number of hydrogen-bond donors (Lipinski definition) is 3. The Morgan fingerprint density at radius 2 is 1.82 bits per heavy atom. The van der Waals surface area contributed by atoms with Crippen molar-refractivity contribution < 1.29 is 32.7 Å². The fourth-order valence-electron chi connectivity index (χ4n) is 6.46. The minimum atomic E-state index is -1.15. The van der Waals surface area contributed by atoms with Crippen LogP contribution in [0.25, 0.3) is 11.3 Å². The molecule has 3 atom stereocenters. The van der Waals surface area contributed by atoms with E-state index in [1.165, 1.54) is 49.2 Å². The summed E-state index contributed by atoms with van der Waals surface area (Å²) in [6, 6.07) is 7.41. The molecular formula is C33H36ClF2N7O5S. The molecule has 3 saturated heterocycles. The molecule has 0 unspecified atom stereocenters. The Hall–Kier alpha value is -4.37. The molecule has 6 rings (SSSR count). The molecule has 2 aromatic carbocycles. The molecule has 4 heterocycles. The van der Waals surface area contributed by atoms with Gasteiger partial charge in [-0.2, -0.15) is 16.2 Å². The molecule has 0 saturated carbocycles. The number of hydrogen-bond acceptors (Lipinski definition) is 7. The van der Waals surface area contributed by atoms with Gasteiger partial charge in [0, 0.05) is 61.9 Å². The largest absolute Gasteiger partial charge is 0.494 e. The quantitative estimate of drug-likeness (QED) is 0.210. The zero-order chi connectivity index (χ0) is 34.8. The minimum absolute atomic E-state index is 0.0584. The number of fused-ring (bicyclic) bond motifs is 1. The average molecular weight is 716 g/mol. The molecule has 0 radical (unpaired) electrons. The van der Waals surface area contributed by atoms with Gasteiger partial charge in [0.1, 0.15) is 0 Å². The molecular weight excluding hydrogens is 680 g/mol. The SMILES string of the molecule is COc1ccc(-c2cnc(C(=O)Nc3ccc(C(=O)N4CCN(C(=O)CCCC[C@@H]5SC[C@@H]6NC(=O)N[C@@H]65)CC4)c(Cl)c3)n2C)c(F)c1F. The molecule has 3 aromatic rings. The Morgan fingerprint density at radius 3 is 2.55 bits per heavy atom. The predicted octanol–water partition coefficient (Wildman–Crippen LogP) is 4.29. The molecule has 49 heavy (non-hydrogen) atoms. The summed E-state index contributed by atoms with van der Waals surface area (Å²) < 4.78 is 35.1. The number of amides is 5. The number of carbonyl (C=O) groups is 4. The van der Waals surface area contributed by atoms with Gasteiger partial charge in [0.15, 0.2) is 17.4 Å². The van der Waals surface area contributed by atoms with Crippen LogP contribution in [0.3, 0.4) is 0 Å². The fourth-order valence-corrected chi connectivity index (χ4v) is 8.27. The van der Waals surface area contributed by atoms with Crippen molar-refractivity contribution in [1.82, 2.24) is 30.0 Å². The zero-order valence-corrected chi connectivity index (χ0v) is 28.5. The lowest BCUT2D eigenvalue weighted by molar-refractivity contribution is -0.132. The summed E-state index contributed by atoms with van der Waals surface area (Å²) in [6.45, 7) is 1.59. The first-order valence-corrected chi connectivity index (χ1v) is 17.4. The Kier molecular flexibility index (Phi) is 10.3. The van der Waals surface area contributed by atoms with Crippen LogP contribution in [0.5, 0.6) is 5.75 Å². The fraction of sp³-hybridized carbons (Fsp3) is 0.424. The van der Waals surface area contributed by atoms with E-state index in [2.05, 4.69) is 20.9 Å². The molecule has 3 N–H and O–H groups in total. The monoisotopic (exact) mass is 715 g/mol. The molecule has 3 aliphatic heterocycles. The lowest BCUT2D eigenvalue weighted by Gasteiger charge is -2.35. The number of aromatic nitrogens is 2. The Bertz CT molecular complexity index is 1780. The van der Waals surface area contributed by atoms with Crippen LogP contribution in [0, 0.1) is 11.6 Å². The second-order valence-corrected chi connectivity index (χ2v) is 13.8. The van der Waals surface area contributed by atoms with Crippen LogP contribution in [0.4, 0.5) is 19.3 Å². The summed E-state index contributed by atoms with van der Waals surface area (Å²) in [5.41, 5.74) is 0.664. The maximum absolute atomic E-state index is 14.7. The standard InChI is InChI=1S/C33H36ClF2N7O5S/c1-41-23(20-9-10-24(48-2)28(36)27(20)35)16-37-30(41)31(45)38-18-7-8-19(21(34)15-18)32(46)43-13-11-42(12-14-43)26(44)6-4-3-5-25-29-22(17-49-25)39-33(47)40-29/h7-10,15-16,22,25,29H,3-6,11-14,17H2,1-2H3,(H,38,45)(H2,39,40,47)/t22-,25-,29-/m0/s1. The van der Waals surface area contributed by atoms with Gasteiger partial charge in [-0.25, -0.2) is 14.2 Å². The highest BCUT2D eigenvalue weighted by Gasteiger charge is 2.42. The highest BCUT2D eigenvalue weighted by molar-refractivity contribution is 8.00. The van der Waals surface area contributed by atoms with Gasteiger partial charge < -0.3 is 35.1 Å². The summed E-state index contributed by atoms with van der Waals surface area (Å²) in [5.74, 6) is -2.49. The van der Waals surface area contributed by atoms with Gasteiger partial charge in [-0.3, -0.25) is 14.4 Å². The number of benzene rings is 2. The van der Waals surface area contributed by atoms with Gasteiger partial charge in [-0.15, -0.1) is 0 Å². The van der Waals surface area contributed by atoms with E-state index in [9.17, 15) is 28.0 Å². The van der Waals surface area contributed by atoms with Gasteiger partial charge in [0.25, 0.3) is 11.8 Å². The van der Waals surface area contributed by atoms with Crippen molar-refractivity contribution >= 4 is 52.8 Å². The number of unbranched alkanes of at least 4 members (excludes halogenated alkanes) is 1. The number of urea groups is 1. The van der Waals surface area contributed by atoms with Gasteiger partial charge in [-0.1, -0.05) is 18.0 Å². The summed E-state index contributed by atoms with van der Waals surface area (Å²) in [5, 5.41) is 9.12. The van der Waals surface area contributed by atoms with Crippen molar-refractivity contribution in [2.75, 3.05) is 44.4 Å². The normalized spacial score (nSPS) is 20.1. The molecule has 16 heteroatoms. The number of imidazole rings is 1. The van der Waals surface area contributed by atoms with Crippen LogP contribution < -0.4 is 20.7 Å². The number of methoxy groups -OCH3 is 1. The number of thioether (sulfide) groups is 1. The number of carbonyl (C=O) groups excluding carboxylic acids is 4. The van der Waals surface area contributed by atoms with Gasteiger partial charge in [-0.05, 0) is 43.2 Å². The molecule has 1 aromatic heterocycles. The first-order chi connectivity index (χ1) is 23.5. The maximum atomic E-state index is 14.7. The molecule has 0 bridgehead atoms. The molecule has 0 aliphatic carbocycles. The highest BCUT2D eigenvalue weighted by Crippen LogP contribution is 2.34. The molecule has 3 aliphatic rings. The van der Waals surface area contributed by atoms with Crippen molar-refractivity contribution in [3.8, 4) is 17.0 Å². The highest BCUT2D eigenvalue weighted by atomic mass is 35.5. The van der Waals surface area contributed by atoms with Crippen molar-refractivity contribution in [2.45, 2.75) is 43.0 Å². The van der Waals surface area contributed by atoms with Crippen molar-refractivity contribution in [2.24, 2.45) is 7.05 Å². The first-order valence-electron chi connectivity index (χ1n) is 16.0. The Balaban J connectivity index is 0.979. The lowest BCUT2D eigenvalue weighted by atomic mass is 10.0. The number of halogens is 3. The molecule has 0 spiro atoms. The number of nitrogens with one attached hydrogen (secondary N) is 3. The van der Waals surface area contributed by atoms with Crippen molar-refractivity contribution in [3.63, 3.8) is 0 Å². The summed E-state index contributed by atoms with van der Waals surface area (Å²) in [4.78, 5) is 58.3. The van der Waals surface area contributed by atoms with Crippen LogP contribution in [-0.2, 0) is 11.8 Å².